The van der Waals surface area contributed by atoms with Crippen molar-refractivity contribution in [2.45, 2.75) is 31.8 Å². The lowest BCUT2D eigenvalue weighted by Gasteiger charge is -2.51. The molecule has 3 aliphatic heterocycles. The van der Waals surface area contributed by atoms with Crippen LogP contribution in [-0.4, -0.2) is 29.6 Å². The summed E-state index contributed by atoms with van der Waals surface area (Å²) in [5.41, 5.74) is 2.76. The summed E-state index contributed by atoms with van der Waals surface area (Å²) in [5, 5.41) is 12.0. The number of hydrogen-bond donors (Lipinski definition) is 1. The molecule has 3 saturated heterocycles. The molecule has 2 heteroatoms. The van der Waals surface area contributed by atoms with E-state index in [1.165, 1.54) is 37.1 Å². The normalized spacial score (nSPS) is 28.5. The highest BCUT2D eigenvalue weighted by molar-refractivity contribution is 5.35. The summed E-state index contributed by atoms with van der Waals surface area (Å²) in [7, 11) is 0. The molecule has 1 N–H and O–H groups in total. The number of aryl methyl sites for hydroxylation is 1. The zero-order valence-electron chi connectivity index (χ0n) is 14.5. The molecule has 3 heterocycles. The van der Waals surface area contributed by atoms with Gasteiger partial charge in [-0.15, -0.1) is 0 Å². The molecule has 2 nitrogen and oxygen atoms in total. The molecular weight excluding hydrogens is 294 g/mol. The van der Waals surface area contributed by atoms with Crippen LogP contribution < -0.4 is 0 Å². The molecule has 2 bridgehead atoms. The van der Waals surface area contributed by atoms with Gasteiger partial charge in [0.05, 0.1) is 5.60 Å². The summed E-state index contributed by atoms with van der Waals surface area (Å²) in [4.78, 5) is 2.54. The van der Waals surface area contributed by atoms with Gasteiger partial charge in [0.2, 0.25) is 0 Å². The zero-order chi connectivity index (χ0) is 16.6. The third-order valence-corrected chi connectivity index (χ3v) is 6.20. The van der Waals surface area contributed by atoms with E-state index in [1.54, 1.807) is 0 Å². The van der Waals surface area contributed by atoms with Crippen molar-refractivity contribution < 1.29 is 5.11 Å². The van der Waals surface area contributed by atoms with Crippen LogP contribution >= 0.6 is 0 Å². The Hall–Kier alpha value is -1.64. The fraction of sp³-hybridized carbons (Fsp3) is 0.455. The van der Waals surface area contributed by atoms with Crippen molar-refractivity contribution in [3.8, 4) is 0 Å². The standard InChI is InChI=1S/C22H27NO/c1-17-7-5-6-10-20(17)22(24,15-18-8-3-2-4-9-18)21-16-23-13-11-19(21)12-14-23/h2-10,19,21,24H,11-16H2,1H3/t21-,22+/m0/s1. The average Bonchev–Trinajstić information content (AvgIpc) is 2.64. The van der Waals surface area contributed by atoms with Gasteiger partial charge >= 0.3 is 0 Å². The van der Waals surface area contributed by atoms with Gasteiger partial charge < -0.3 is 10.0 Å². The first-order valence-electron chi connectivity index (χ1n) is 9.21. The van der Waals surface area contributed by atoms with E-state index >= 15 is 0 Å². The highest BCUT2D eigenvalue weighted by Crippen LogP contribution is 2.45. The molecule has 0 aromatic heterocycles. The average molecular weight is 321 g/mol. The van der Waals surface area contributed by atoms with Crippen molar-refractivity contribution >= 4 is 0 Å². The number of nitrogens with zero attached hydrogens (tertiary/aromatic N) is 1. The molecule has 2 aromatic rings. The van der Waals surface area contributed by atoms with Gasteiger partial charge in [0.15, 0.2) is 0 Å². The first-order valence-corrected chi connectivity index (χ1v) is 9.21. The number of aliphatic hydroxyl groups is 1. The van der Waals surface area contributed by atoms with Crippen LogP contribution in [0.5, 0.6) is 0 Å². The monoisotopic (exact) mass is 321 g/mol. The van der Waals surface area contributed by atoms with Crippen molar-refractivity contribution in [1.82, 2.24) is 4.90 Å². The van der Waals surface area contributed by atoms with Gasteiger partial charge in [0.25, 0.3) is 0 Å². The van der Waals surface area contributed by atoms with Crippen LogP contribution in [0.1, 0.15) is 29.5 Å². The van der Waals surface area contributed by atoms with Crippen molar-refractivity contribution in [2.75, 3.05) is 19.6 Å². The maximum absolute atomic E-state index is 12.0. The summed E-state index contributed by atoms with van der Waals surface area (Å²) in [5.74, 6) is 0.963. The van der Waals surface area contributed by atoms with Gasteiger partial charge in [-0.3, -0.25) is 0 Å². The summed E-state index contributed by atoms with van der Waals surface area (Å²) < 4.78 is 0. The van der Waals surface area contributed by atoms with Crippen LogP contribution in [0, 0.1) is 18.8 Å². The third-order valence-electron chi connectivity index (χ3n) is 6.20. The molecule has 0 saturated carbocycles. The van der Waals surface area contributed by atoms with Gasteiger partial charge in [-0.25, -0.2) is 0 Å². The Morgan fingerprint density at radius 3 is 2.29 bits per heavy atom. The Bertz CT molecular complexity index is 690. The highest BCUT2D eigenvalue weighted by atomic mass is 16.3. The first kappa shape index (κ1) is 15.9. The topological polar surface area (TPSA) is 23.5 Å². The quantitative estimate of drug-likeness (QED) is 0.926. The third kappa shape index (κ3) is 2.78. The van der Waals surface area contributed by atoms with Gasteiger partial charge in [-0.2, -0.15) is 0 Å². The molecule has 24 heavy (non-hydrogen) atoms. The minimum absolute atomic E-state index is 0.321. The van der Waals surface area contributed by atoms with E-state index in [9.17, 15) is 5.11 Å². The van der Waals surface area contributed by atoms with E-state index in [4.69, 9.17) is 0 Å². The number of hydrogen-bond acceptors (Lipinski definition) is 2. The lowest BCUT2D eigenvalue weighted by Crippen LogP contribution is -2.56. The van der Waals surface area contributed by atoms with Crippen LogP contribution in [0.15, 0.2) is 54.6 Å². The summed E-state index contributed by atoms with van der Waals surface area (Å²) in [6.07, 6.45) is 3.16. The van der Waals surface area contributed by atoms with Crippen LogP contribution in [0.3, 0.4) is 0 Å². The van der Waals surface area contributed by atoms with Gasteiger partial charge in [-0.05, 0) is 55.5 Å². The maximum atomic E-state index is 12.0. The second kappa shape index (κ2) is 6.34. The van der Waals surface area contributed by atoms with Crippen molar-refractivity contribution in [2.24, 2.45) is 11.8 Å². The Balaban J connectivity index is 1.76. The Morgan fingerprint density at radius 1 is 1.00 bits per heavy atom. The molecule has 2 aromatic carbocycles. The smallest absolute Gasteiger partial charge is 0.0982 e. The fourth-order valence-corrected chi connectivity index (χ4v) is 4.90. The van der Waals surface area contributed by atoms with E-state index in [-0.39, 0.29) is 0 Å². The number of benzene rings is 2. The molecule has 2 atom stereocenters. The largest absolute Gasteiger partial charge is 0.384 e. The lowest BCUT2D eigenvalue weighted by atomic mass is 9.65. The van der Waals surface area contributed by atoms with E-state index in [0.29, 0.717) is 18.3 Å². The molecule has 3 aliphatic rings. The molecule has 0 aliphatic carbocycles. The Labute approximate surface area is 145 Å². The minimum atomic E-state index is -0.781. The number of piperidine rings is 3. The van der Waals surface area contributed by atoms with Gasteiger partial charge in [0.1, 0.15) is 0 Å². The van der Waals surface area contributed by atoms with E-state index in [0.717, 1.165) is 12.1 Å². The van der Waals surface area contributed by atoms with Crippen LogP contribution in [0.4, 0.5) is 0 Å². The van der Waals surface area contributed by atoms with Crippen molar-refractivity contribution in [3.05, 3.63) is 71.3 Å². The highest BCUT2D eigenvalue weighted by Gasteiger charge is 2.47. The zero-order valence-corrected chi connectivity index (χ0v) is 14.5. The first-order chi connectivity index (χ1) is 11.7. The number of fused-ring (bicyclic) bond motifs is 3. The lowest BCUT2D eigenvalue weighted by molar-refractivity contribution is -0.102. The molecule has 3 fully saturated rings. The summed E-state index contributed by atoms with van der Waals surface area (Å²) in [6.45, 7) is 5.57. The van der Waals surface area contributed by atoms with E-state index in [2.05, 4.69) is 60.4 Å². The van der Waals surface area contributed by atoms with Crippen molar-refractivity contribution in [3.63, 3.8) is 0 Å². The fourth-order valence-electron chi connectivity index (χ4n) is 4.90. The van der Waals surface area contributed by atoms with Gasteiger partial charge in [0, 0.05) is 18.9 Å². The Kier molecular flexibility index (Phi) is 4.19. The molecular formula is C22H27NO. The maximum Gasteiger partial charge on any atom is 0.0982 e. The van der Waals surface area contributed by atoms with Crippen LogP contribution in [-0.2, 0) is 12.0 Å². The molecule has 0 amide bonds. The second-order valence-electron chi connectivity index (χ2n) is 7.65. The minimum Gasteiger partial charge on any atom is -0.384 e. The predicted molar refractivity (Wildman–Crippen MR) is 97.9 cm³/mol. The van der Waals surface area contributed by atoms with Crippen LogP contribution in [0.2, 0.25) is 0 Å². The number of rotatable bonds is 4. The van der Waals surface area contributed by atoms with Crippen molar-refractivity contribution in [1.29, 1.82) is 0 Å². The molecule has 0 unspecified atom stereocenters. The van der Waals surface area contributed by atoms with E-state index in [1.807, 2.05) is 6.07 Å². The summed E-state index contributed by atoms with van der Waals surface area (Å²) >= 11 is 0. The molecule has 0 radical (unpaired) electrons. The SMILES string of the molecule is Cc1ccccc1[C@](O)(Cc1ccccc1)[C@H]1CN2CCC1CC2. The molecule has 126 valence electrons. The second-order valence-corrected chi connectivity index (χ2v) is 7.65. The molecule has 0 spiro atoms. The Morgan fingerprint density at radius 2 is 1.67 bits per heavy atom. The summed E-state index contributed by atoms with van der Waals surface area (Å²) in [6, 6.07) is 18.9. The van der Waals surface area contributed by atoms with Crippen LogP contribution in [0.25, 0.3) is 0 Å². The van der Waals surface area contributed by atoms with E-state index < -0.39 is 5.60 Å². The van der Waals surface area contributed by atoms with Gasteiger partial charge in [-0.1, -0.05) is 54.6 Å². The molecule has 5 rings (SSSR count). The predicted octanol–water partition coefficient (Wildman–Crippen LogP) is 3.77.